The van der Waals surface area contributed by atoms with Gasteiger partial charge in [0.2, 0.25) is 0 Å². The molecule has 2 heteroatoms. The van der Waals surface area contributed by atoms with E-state index in [1.807, 2.05) is 0 Å². The zero-order valence-electron chi connectivity index (χ0n) is 10.9. The molecule has 1 aliphatic heterocycles. The summed E-state index contributed by atoms with van der Waals surface area (Å²) < 4.78 is 0. The summed E-state index contributed by atoms with van der Waals surface area (Å²) in [7, 11) is 0. The summed E-state index contributed by atoms with van der Waals surface area (Å²) in [5.41, 5.74) is 2.70. The van der Waals surface area contributed by atoms with Crippen LogP contribution in [0.1, 0.15) is 39.2 Å². The van der Waals surface area contributed by atoms with E-state index in [4.69, 9.17) is 0 Å². The van der Waals surface area contributed by atoms with Crippen LogP contribution in [0.15, 0.2) is 24.3 Å². The van der Waals surface area contributed by atoms with Crippen molar-refractivity contribution >= 4 is 12.0 Å². The summed E-state index contributed by atoms with van der Waals surface area (Å²) >= 11 is 0. The average Bonchev–Trinajstić information content (AvgIpc) is 2.76. The summed E-state index contributed by atoms with van der Waals surface area (Å²) in [5.74, 6) is 0. The van der Waals surface area contributed by atoms with Crippen LogP contribution in [-0.2, 0) is 10.2 Å². The molecule has 0 aliphatic carbocycles. The van der Waals surface area contributed by atoms with E-state index < -0.39 is 0 Å². The molecule has 1 aromatic carbocycles. The Labute approximate surface area is 104 Å². The second-order valence-electron chi connectivity index (χ2n) is 5.84. The van der Waals surface area contributed by atoms with Gasteiger partial charge in [0.15, 0.2) is 0 Å². The zero-order chi connectivity index (χ0) is 12.5. The summed E-state index contributed by atoms with van der Waals surface area (Å²) in [6.45, 7) is 7.64. The van der Waals surface area contributed by atoms with Gasteiger partial charge in [0, 0.05) is 12.2 Å². The first kappa shape index (κ1) is 12.2. The highest BCUT2D eigenvalue weighted by molar-refractivity contribution is 5.67. The fourth-order valence-corrected chi connectivity index (χ4v) is 2.41. The molecule has 0 aromatic heterocycles. The molecule has 1 atom stereocenters. The van der Waals surface area contributed by atoms with Crippen LogP contribution in [0.4, 0.5) is 5.69 Å². The molecule has 1 aliphatic rings. The molecule has 2 rings (SSSR count). The highest BCUT2D eigenvalue weighted by Gasteiger charge is 2.24. The maximum atomic E-state index is 11.0. The highest BCUT2D eigenvalue weighted by atomic mass is 16.1. The summed E-state index contributed by atoms with van der Waals surface area (Å²) in [5, 5.41) is 0. The van der Waals surface area contributed by atoms with Crippen molar-refractivity contribution in [3.05, 3.63) is 29.8 Å². The molecule has 92 valence electrons. The maximum absolute atomic E-state index is 11.0. The predicted molar refractivity (Wildman–Crippen MR) is 71.6 cm³/mol. The molecule has 1 aromatic rings. The Morgan fingerprint density at radius 3 is 2.41 bits per heavy atom. The van der Waals surface area contributed by atoms with Gasteiger partial charge in [-0.05, 0) is 36.0 Å². The number of anilines is 1. The lowest BCUT2D eigenvalue weighted by Gasteiger charge is -2.25. The number of rotatable bonds is 2. The number of carbonyl (C=O) groups is 1. The Bertz CT molecular complexity index is 388. The molecule has 17 heavy (non-hydrogen) atoms. The Balaban J connectivity index is 2.21. The van der Waals surface area contributed by atoms with Gasteiger partial charge >= 0.3 is 0 Å². The second-order valence-corrected chi connectivity index (χ2v) is 5.84. The SMILES string of the molecule is CC(C)(C)c1ccc(N2CCC[C@H]2C=O)cc1. The number of carbonyl (C=O) groups excluding carboxylic acids is 1. The molecule has 0 saturated carbocycles. The van der Waals surface area contributed by atoms with Crippen molar-refractivity contribution in [2.75, 3.05) is 11.4 Å². The topological polar surface area (TPSA) is 20.3 Å². The van der Waals surface area contributed by atoms with Gasteiger partial charge < -0.3 is 9.69 Å². The van der Waals surface area contributed by atoms with E-state index in [9.17, 15) is 4.79 Å². The lowest BCUT2D eigenvalue weighted by molar-refractivity contribution is -0.108. The van der Waals surface area contributed by atoms with Crippen LogP contribution < -0.4 is 4.90 Å². The first-order valence-corrected chi connectivity index (χ1v) is 6.35. The van der Waals surface area contributed by atoms with Gasteiger partial charge in [-0.2, -0.15) is 0 Å². The van der Waals surface area contributed by atoms with Gasteiger partial charge in [0.05, 0.1) is 6.04 Å². The quantitative estimate of drug-likeness (QED) is 0.729. The summed E-state index contributed by atoms with van der Waals surface area (Å²) in [6, 6.07) is 8.71. The molecule has 0 spiro atoms. The Morgan fingerprint density at radius 1 is 1.24 bits per heavy atom. The minimum Gasteiger partial charge on any atom is -0.362 e. The predicted octanol–water partition coefficient (Wildman–Crippen LogP) is 3.15. The molecule has 0 bridgehead atoms. The smallest absolute Gasteiger partial charge is 0.142 e. The van der Waals surface area contributed by atoms with Crippen molar-refractivity contribution in [2.24, 2.45) is 0 Å². The van der Waals surface area contributed by atoms with Gasteiger partial charge in [-0.1, -0.05) is 32.9 Å². The molecule has 1 fully saturated rings. The van der Waals surface area contributed by atoms with Crippen LogP contribution in [0.25, 0.3) is 0 Å². The third-order valence-electron chi connectivity index (χ3n) is 3.52. The molecule has 0 unspecified atom stereocenters. The van der Waals surface area contributed by atoms with Crippen LogP contribution in [0.5, 0.6) is 0 Å². The molecule has 0 N–H and O–H groups in total. The first-order chi connectivity index (χ1) is 8.02. The molecule has 1 saturated heterocycles. The molecular formula is C15H21NO. The summed E-state index contributed by atoms with van der Waals surface area (Å²) in [4.78, 5) is 13.2. The Hall–Kier alpha value is -1.31. The molecule has 0 radical (unpaired) electrons. The van der Waals surface area contributed by atoms with Gasteiger partial charge in [0.25, 0.3) is 0 Å². The third-order valence-corrected chi connectivity index (χ3v) is 3.52. The van der Waals surface area contributed by atoms with E-state index in [-0.39, 0.29) is 11.5 Å². The lowest BCUT2D eigenvalue weighted by Crippen LogP contribution is -2.30. The fourth-order valence-electron chi connectivity index (χ4n) is 2.41. The van der Waals surface area contributed by atoms with E-state index in [2.05, 4.69) is 49.9 Å². The van der Waals surface area contributed by atoms with Gasteiger partial charge in [-0.3, -0.25) is 0 Å². The molecular weight excluding hydrogens is 210 g/mol. The van der Waals surface area contributed by atoms with Crippen LogP contribution >= 0.6 is 0 Å². The fraction of sp³-hybridized carbons (Fsp3) is 0.533. The second kappa shape index (κ2) is 4.52. The minimum atomic E-state index is 0.0792. The Kier molecular flexibility index (Phi) is 3.23. The molecule has 0 amide bonds. The third kappa shape index (κ3) is 2.51. The monoisotopic (exact) mass is 231 g/mol. The minimum absolute atomic E-state index is 0.0792. The number of hydrogen-bond acceptors (Lipinski definition) is 2. The van der Waals surface area contributed by atoms with Crippen molar-refractivity contribution in [1.29, 1.82) is 0 Å². The maximum Gasteiger partial charge on any atom is 0.142 e. The highest BCUT2D eigenvalue weighted by Crippen LogP contribution is 2.28. The van der Waals surface area contributed by atoms with E-state index in [1.165, 1.54) is 11.3 Å². The normalized spacial score (nSPS) is 20.6. The number of aldehydes is 1. The van der Waals surface area contributed by atoms with E-state index in [0.29, 0.717) is 0 Å². The van der Waals surface area contributed by atoms with Gasteiger partial charge in [0.1, 0.15) is 6.29 Å². The number of benzene rings is 1. The number of hydrogen-bond donors (Lipinski definition) is 0. The van der Waals surface area contributed by atoms with Crippen molar-refractivity contribution in [1.82, 2.24) is 0 Å². The van der Waals surface area contributed by atoms with E-state index in [0.717, 1.165) is 25.7 Å². The standard InChI is InChI=1S/C15H21NO/c1-15(2,3)12-6-8-13(9-7-12)16-10-4-5-14(16)11-17/h6-9,11,14H,4-5,10H2,1-3H3/t14-/m0/s1. The van der Waals surface area contributed by atoms with Gasteiger partial charge in [-0.25, -0.2) is 0 Å². The molecule has 1 heterocycles. The first-order valence-electron chi connectivity index (χ1n) is 6.35. The van der Waals surface area contributed by atoms with Crippen molar-refractivity contribution in [3.8, 4) is 0 Å². The van der Waals surface area contributed by atoms with Crippen LogP contribution in [-0.4, -0.2) is 18.9 Å². The van der Waals surface area contributed by atoms with Crippen molar-refractivity contribution < 1.29 is 4.79 Å². The van der Waals surface area contributed by atoms with Crippen molar-refractivity contribution in [3.63, 3.8) is 0 Å². The van der Waals surface area contributed by atoms with Crippen LogP contribution in [0, 0.1) is 0 Å². The largest absolute Gasteiger partial charge is 0.362 e. The van der Waals surface area contributed by atoms with Crippen LogP contribution in [0.3, 0.4) is 0 Å². The van der Waals surface area contributed by atoms with E-state index >= 15 is 0 Å². The summed E-state index contributed by atoms with van der Waals surface area (Å²) in [6.07, 6.45) is 3.18. The number of nitrogens with zero attached hydrogens (tertiary/aromatic N) is 1. The molecule has 2 nitrogen and oxygen atoms in total. The lowest BCUT2D eigenvalue weighted by atomic mass is 9.87. The average molecular weight is 231 g/mol. The van der Waals surface area contributed by atoms with E-state index in [1.54, 1.807) is 0 Å². The van der Waals surface area contributed by atoms with Crippen molar-refractivity contribution in [2.45, 2.75) is 45.1 Å². The van der Waals surface area contributed by atoms with Gasteiger partial charge in [-0.15, -0.1) is 0 Å². The zero-order valence-corrected chi connectivity index (χ0v) is 10.9. The Morgan fingerprint density at radius 2 is 1.88 bits per heavy atom. The van der Waals surface area contributed by atoms with Crippen LogP contribution in [0.2, 0.25) is 0 Å².